The SMILES string of the molecule is Cc1cc(C)c(S(=O)(=O)NCCN2CCN(C(=O)OC(C)(C)C)CC2)c(C)c1. The van der Waals surface area contributed by atoms with Gasteiger partial charge < -0.3 is 9.64 Å². The molecule has 0 aromatic heterocycles. The van der Waals surface area contributed by atoms with Gasteiger partial charge >= 0.3 is 6.09 Å². The van der Waals surface area contributed by atoms with Crippen LogP contribution in [0.5, 0.6) is 0 Å². The van der Waals surface area contributed by atoms with E-state index in [1.54, 1.807) is 4.90 Å². The molecule has 1 fully saturated rings. The van der Waals surface area contributed by atoms with Crippen LogP contribution < -0.4 is 4.72 Å². The van der Waals surface area contributed by atoms with Gasteiger partial charge in [-0.3, -0.25) is 4.90 Å². The summed E-state index contributed by atoms with van der Waals surface area (Å²) in [5.41, 5.74) is 2.07. The van der Waals surface area contributed by atoms with Crippen LogP contribution in [0.1, 0.15) is 37.5 Å². The molecule has 0 spiro atoms. The fourth-order valence-electron chi connectivity index (χ4n) is 3.48. The van der Waals surface area contributed by atoms with Gasteiger partial charge in [-0.15, -0.1) is 0 Å². The van der Waals surface area contributed by atoms with Crippen LogP contribution in [-0.4, -0.2) is 69.2 Å². The first-order valence-electron chi connectivity index (χ1n) is 9.67. The summed E-state index contributed by atoms with van der Waals surface area (Å²) in [4.78, 5) is 16.3. The molecule has 1 N–H and O–H groups in total. The molecule has 0 saturated carbocycles. The van der Waals surface area contributed by atoms with Crippen LogP contribution in [-0.2, 0) is 14.8 Å². The number of benzene rings is 1. The minimum Gasteiger partial charge on any atom is -0.444 e. The Hall–Kier alpha value is -1.64. The van der Waals surface area contributed by atoms with Gasteiger partial charge in [-0.05, 0) is 52.7 Å². The monoisotopic (exact) mass is 411 g/mol. The molecular weight excluding hydrogens is 378 g/mol. The van der Waals surface area contributed by atoms with Gasteiger partial charge in [0.2, 0.25) is 10.0 Å². The van der Waals surface area contributed by atoms with Crippen LogP contribution in [0.2, 0.25) is 0 Å². The molecule has 2 rings (SSSR count). The molecule has 1 amide bonds. The Morgan fingerprint density at radius 1 is 1.07 bits per heavy atom. The van der Waals surface area contributed by atoms with Crippen molar-refractivity contribution in [2.45, 2.75) is 52.0 Å². The summed E-state index contributed by atoms with van der Waals surface area (Å²) in [7, 11) is -3.54. The zero-order valence-electron chi connectivity index (χ0n) is 17.8. The Bertz CT molecular complexity index is 784. The highest BCUT2D eigenvalue weighted by molar-refractivity contribution is 7.89. The van der Waals surface area contributed by atoms with Crippen molar-refractivity contribution in [3.63, 3.8) is 0 Å². The van der Waals surface area contributed by atoms with Gasteiger partial charge in [0.05, 0.1) is 4.90 Å². The minimum atomic E-state index is -3.54. The summed E-state index contributed by atoms with van der Waals surface area (Å²) in [6.45, 7) is 14.7. The molecule has 0 bridgehead atoms. The average Bonchev–Trinajstić information content (AvgIpc) is 2.52. The number of amides is 1. The van der Waals surface area contributed by atoms with Gasteiger partial charge in [0, 0.05) is 39.3 Å². The molecule has 1 heterocycles. The Balaban J connectivity index is 1.84. The standard InChI is InChI=1S/C20H33N3O4S/c1-15-13-16(2)18(17(3)14-15)28(25,26)21-7-8-22-9-11-23(12-10-22)19(24)27-20(4,5)6/h13-14,21H,7-12H2,1-6H3. The van der Waals surface area contributed by atoms with E-state index in [1.165, 1.54) is 0 Å². The number of hydrogen-bond acceptors (Lipinski definition) is 5. The normalized spacial score (nSPS) is 16.3. The molecule has 1 aromatic carbocycles. The van der Waals surface area contributed by atoms with Crippen molar-refractivity contribution in [1.29, 1.82) is 0 Å². The Kier molecular flexibility index (Phi) is 7.12. The third kappa shape index (κ3) is 6.18. The maximum Gasteiger partial charge on any atom is 0.410 e. The summed E-state index contributed by atoms with van der Waals surface area (Å²) in [6, 6.07) is 3.77. The third-order valence-electron chi connectivity index (χ3n) is 4.62. The Morgan fingerprint density at radius 2 is 1.61 bits per heavy atom. The van der Waals surface area contributed by atoms with E-state index in [-0.39, 0.29) is 6.09 Å². The van der Waals surface area contributed by atoms with Gasteiger partial charge in [-0.2, -0.15) is 0 Å². The van der Waals surface area contributed by atoms with Crippen molar-refractivity contribution in [2.24, 2.45) is 0 Å². The highest BCUT2D eigenvalue weighted by Gasteiger charge is 2.26. The first-order valence-corrected chi connectivity index (χ1v) is 11.2. The average molecular weight is 412 g/mol. The number of carbonyl (C=O) groups is 1. The molecule has 158 valence electrons. The lowest BCUT2D eigenvalue weighted by molar-refractivity contribution is 0.0147. The van der Waals surface area contributed by atoms with E-state index in [4.69, 9.17) is 4.74 Å². The number of ether oxygens (including phenoxy) is 1. The van der Waals surface area contributed by atoms with E-state index in [9.17, 15) is 13.2 Å². The van der Waals surface area contributed by atoms with Crippen LogP contribution in [0.25, 0.3) is 0 Å². The molecule has 7 nitrogen and oxygen atoms in total. The Morgan fingerprint density at radius 3 is 2.11 bits per heavy atom. The molecule has 0 aliphatic carbocycles. The van der Waals surface area contributed by atoms with Crippen molar-refractivity contribution in [3.05, 3.63) is 28.8 Å². The molecule has 0 unspecified atom stereocenters. The van der Waals surface area contributed by atoms with Crippen molar-refractivity contribution in [2.75, 3.05) is 39.3 Å². The van der Waals surface area contributed by atoms with Crippen LogP contribution >= 0.6 is 0 Å². The first-order chi connectivity index (χ1) is 12.9. The van der Waals surface area contributed by atoms with Crippen LogP contribution in [0.15, 0.2) is 17.0 Å². The fourth-order valence-corrected chi connectivity index (χ4v) is 4.95. The largest absolute Gasteiger partial charge is 0.444 e. The molecular formula is C20H33N3O4S. The lowest BCUT2D eigenvalue weighted by Gasteiger charge is -2.35. The molecule has 0 atom stereocenters. The number of sulfonamides is 1. The number of nitrogens with one attached hydrogen (secondary N) is 1. The van der Waals surface area contributed by atoms with Crippen molar-refractivity contribution < 1.29 is 17.9 Å². The predicted octanol–water partition coefficient (Wildman–Crippen LogP) is 2.44. The van der Waals surface area contributed by atoms with E-state index >= 15 is 0 Å². The van der Waals surface area contributed by atoms with E-state index < -0.39 is 15.6 Å². The second-order valence-electron chi connectivity index (χ2n) is 8.43. The topological polar surface area (TPSA) is 79.0 Å². The number of hydrogen-bond donors (Lipinski definition) is 1. The maximum atomic E-state index is 12.7. The molecule has 1 aliphatic rings. The summed E-state index contributed by atoms with van der Waals surface area (Å²) >= 11 is 0. The van der Waals surface area contributed by atoms with Crippen molar-refractivity contribution in [1.82, 2.24) is 14.5 Å². The molecule has 1 aliphatic heterocycles. The van der Waals surface area contributed by atoms with Gasteiger partial charge in [0.25, 0.3) is 0 Å². The van der Waals surface area contributed by atoms with Gasteiger partial charge in [-0.1, -0.05) is 17.7 Å². The summed E-state index contributed by atoms with van der Waals surface area (Å²) in [5.74, 6) is 0. The lowest BCUT2D eigenvalue weighted by atomic mass is 10.1. The second kappa shape index (κ2) is 8.80. The van der Waals surface area contributed by atoms with E-state index in [2.05, 4.69) is 9.62 Å². The number of nitrogens with zero attached hydrogens (tertiary/aromatic N) is 2. The number of carbonyl (C=O) groups excluding carboxylic acids is 1. The summed E-state index contributed by atoms with van der Waals surface area (Å²) < 4.78 is 33.5. The number of piperazine rings is 1. The van der Waals surface area contributed by atoms with E-state index in [0.29, 0.717) is 44.2 Å². The maximum absolute atomic E-state index is 12.7. The highest BCUT2D eigenvalue weighted by Crippen LogP contribution is 2.21. The summed E-state index contributed by atoms with van der Waals surface area (Å²) in [5, 5.41) is 0. The smallest absolute Gasteiger partial charge is 0.410 e. The highest BCUT2D eigenvalue weighted by atomic mass is 32.2. The molecule has 0 radical (unpaired) electrons. The first kappa shape index (κ1) is 22.6. The zero-order chi connectivity index (χ0) is 21.1. The minimum absolute atomic E-state index is 0.293. The molecule has 28 heavy (non-hydrogen) atoms. The predicted molar refractivity (Wildman–Crippen MR) is 110 cm³/mol. The van der Waals surface area contributed by atoms with Crippen LogP contribution in [0, 0.1) is 20.8 Å². The van der Waals surface area contributed by atoms with E-state index in [1.807, 2.05) is 53.7 Å². The zero-order valence-corrected chi connectivity index (χ0v) is 18.6. The summed E-state index contributed by atoms with van der Waals surface area (Å²) in [6.07, 6.45) is -0.293. The van der Waals surface area contributed by atoms with Gasteiger partial charge in [0.1, 0.15) is 5.60 Å². The van der Waals surface area contributed by atoms with Gasteiger partial charge in [-0.25, -0.2) is 17.9 Å². The lowest BCUT2D eigenvalue weighted by Crippen LogP contribution is -2.51. The molecule has 8 heteroatoms. The fraction of sp³-hybridized carbons (Fsp3) is 0.650. The second-order valence-corrected chi connectivity index (χ2v) is 10.1. The Labute approximate surface area is 169 Å². The van der Waals surface area contributed by atoms with Crippen molar-refractivity contribution in [3.8, 4) is 0 Å². The van der Waals surface area contributed by atoms with E-state index in [0.717, 1.165) is 16.7 Å². The number of aryl methyl sites for hydroxylation is 3. The third-order valence-corrected chi connectivity index (χ3v) is 6.38. The molecule has 1 aromatic rings. The van der Waals surface area contributed by atoms with Gasteiger partial charge in [0.15, 0.2) is 0 Å². The van der Waals surface area contributed by atoms with Crippen molar-refractivity contribution >= 4 is 16.1 Å². The van der Waals surface area contributed by atoms with Crippen LogP contribution in [0.3, 0.4) is 0 Å². The molecule has 1 saturated heterocycles. The number of rotatable bonds is 5. The van der Waals surface area contributed by atoms with Crippen LogP contribution in [0.4, 0.5) is 4.79 Å². The quantitative estimate of drug-likeness (QED) is 0.805.